The Morgan fingerprint density at radius 3 is 2.80 bits per heavy atom. The van der Waals surface area contributed by atoms with Crippen LogP contribution in [-0.2, 0) is 11.8 Å². The number of likely N-dealkylation sites (tertiary alicyclic amines) is 1. The first-order chi connectivity index (χ1) is 12.0. The highest BCUT2D eigenvalue weighted by Gasteiger charge is 2.26. The summed E-state index contributed by atoms with van der Waals surface area (Å²) in [6.45, 7) is 3.97. The average molecular weight is 342 g/mol. The van der Waals surface area contributed by atoms with E-state index >= 15 is 0 Å². The number of nitrogens with zero attached hydrogens (tertiary/aromatic N) is 6. The van der Waals surface area contributed by atoms with Crippen LogP contribution in [0.5, 0.6) is 0 Å². The van der Waals surface area contributed by atoms with Crippen molar-refractivity contribution < 1.29 is 4.79 Å². The fourth-order valence-corrected chi connectivity index (χ4v) is 3.26. The van der Waals surface area contributed by atoms with Gasteiger partial charge in [0, 0.05) is 32.3 Å². The number of aryl methyl sites for hydroxylation is 1. The van der Waals surface area contributed by atoms with Gasteiger partial charge >= 0.3 is 0 Å². The zero-order chi connectivity index (χ0) is 18.0. The molecule has 7 heteroatoms. The second-order valence-corrected chi connectivity index (χ2v) is 7.00. The van der Waals surface area contributed by atoms with E-state index in [1.165, 1.54) is 0 Å². The molecular formula is C18H26N6O. The fourth-order valence-electron chi connectivity index (χ4n) is 3.26. The molecule has 2 aromatic heterocycles. The highest BCUT2D eigenvalue weighted by atomic mass is 16.2. The first-order valence-corrected chi connectivity index (χ1v) is 8.69. The number of aromatic nitrogens is 4. The predicted octanol–water partition coefficient (Wildman–Crippen LogP) is 1.45. The van der Waals surface area contributed by atoms with Gasteiger partial charge in [-0.25, -0.2) is 9.97 Å². The smallest absolute Gasteiger partial charge is 0.236 e. The molecule has 0 unspecified atom stereocenters. The monoisotopic (exact) mass is 342 g/mol. The second kappa shape index (κ2) is 7.31. The standard InChI is InChI=1S/C18H26N6O/c1-13-20-10-17(23(13)4)16-9-19-8-15(21-16)14-6-5-7-24(11-14)18(25)12-22(2)3/h8-10,14H,5-7,11-12H2,1-4H3/t14-/m1/s1. The van der Waals surface area contributed by atoms with Gasteiger partial charge in [-0.1, -0.05) is 0 Å². The maximum absolute atomic E-state index is 12.4. The average Bonchev–Trinajstić information content (AvgIpc) is 2.94. The first-order valence-electron chi connectivity index (χ1n) is 8.69. The van der Waals surface area contributed by atoms with Gasteiger partial charge in [0.1, 0.15) is 11.5 Å². The Morgan fingerprint density at radius 2 is 2.12 bits per heavy atom. The minimum atomic E-state index is 0.182. The van der Waals surface area contributed by atoms with Gasteiger partial charge in [-0.15, -0.1) is 0 Å². The number of rotatable bonds is 4. The molecule has 3 heterocycles. The Morgan fingerprint density at radius 1 is 1.32 bits per heavy atom. The summed E-state index contributed by atoms with van der Waals surface area (Å²) in [5.74, 6) is 1.36. The van der Waals surface area contributed by atoms with Gasteiger partial charge in [-0.3, -0.25) is 9.78 Å². The van der Waals surface area contributed by atoms with E-state index in [9.17, 15) is 4.79 Å². The van der Waals surface area contributed by atoms with E-state index in [4.69, 9.17) is 4.98 Å². The van der Waals surface area contributed by atoms with Crippen molar-refractivity contribution in [3.8, 4) is 11.4 Å². The second-order valence-electron chi connectivity index (χ2n) is 7.00. The predicted molar refractivity (Wildman–Crippen MR) is 96.1 cm³/mol. The molecule has 1 aliphatic heterocycles. The lowest BCUT2D eigenvalue weighted by Crippen LogP contribution is -2.43. The molecule has 0 aliphatic carbocycles. The molecule has 7 nitrogen and oxygen atoms in total. The van der Waals surface area contributed by atoms with Crippen molar-refractivity contribution in [3.63, 3.8) is 0 Å². The molecular weight excluding hydrogens is 316 g/mol. The summed E-state index contributed by atoms with van der Waals surface area (Å²) in [5.41, 5.74) is 2.75. The number of carbonyl (C=O) groups excluding carboxylic acids is 1. The van der Waals surface area contributed by atoms with Crippen molar-refractivity contribution in [2.24, 2.45) is 7.05 Å². The van der Waals surface area contributed by atoms with E-state index in [2.05, 4.69) is 9.97 Å². The lowest BCUT2D eigenvalue weighted by Gasteiger charge is -2.33. The third-order valence-corrected chi connectivity index (χ3v) is 4.78. The molecule has 0 bridgehead atoms. The zero-order valence-corrected chi connectivity index (χ0v) is 15.4. The van der Waals surface area contributed by atoms with Crippen LogP contribution in [0.25, 0.3) is 11.4 Å². The van der Waals surface area contributed by atoms with Gasteiger partial charge < -0.3 is 14.4 Å². The van der Waals surface area contributed by atoms with Gasteiger partial charge in [0.15, 0.2) is 0 Å². The largest absolute Gasteiger partial charge is 0.341 e. The lowest BCUT2D eigenvalue weighted by atomic mass is 9.95. The summed E-state index contributed by atoms with van der Waals surface area (Å²) < 4.78 is 2.02. The van der Waals surface area contributed by atoms with E-state index in [1.807, 2.05) is 54.8 Å². The van der Waals surface area contributed by atoms with E-state index in [0.29, 0.717) is 6.54 Å². The summed E-state index contributed by atoms with van der Waals surface area (Å²) in [6.07, 6.45) is 7.47. The van der Waals surface area contributed by atoms with Crippen LogP contribution in [0, 0.1) is 6.92 Å². The molecule has 0 spiro atoms. The van der Waals surface area contributed by atoms with Crippen molar-refractivity contribution in [2.75, 3.05) is 33.7 Å². The van der Waals surface area contributed by atoms with Gasteiger partial charge in [0.05, 0.1) is 30.3 Å². The molecule has 0 N–H and O–H groups in total. The molecule has 2 aromatic rings. The minimum Gasteiger partial charge on any atom is -0.341 e. The molecule has 1 amide bonds. The van der Waals surface area contributed by atoms with Crippen molar-refractivity contribution >= 4 is 5.91 Å². The summed E-state index contributed by atoms with van der Waals surface area (Å²) in [6, 6.07) is 0. The topological polar surface area (TPSA) is 67.2 Å². The molecule has 0 saturated carbocycles. The zero-order valence-electron chi connectivity index (χ0n) is 15.4. The van der Waals surface area contributed by atoms with E-state index in [1.54, 1.807) is 6.20 Å². The molecule has 134 valence electrons. The SMILES string of the molecule is Cc1ncc(-c2cncc([C@@H]3CCCN(C(=O)CN(C)C)C3)n2)n1C. The summed E-state index contributed by atoms with van der Waals surface area (Å²) >= 11 is 0. The minimum absolute atomic E-state index is 0.182. The van der Waals surface area contributed by atoms with Crippen molar-refractivity contribution in [3.05, 3.63) is 30.1 Å². The molecule has 1 saturated heterocycles. The number of likely N-dealkylation sites (N-methyl/N-ethyl adjacent to an activating group) is 1. The van der Waals surface area contributed by atoms with Crippen LogP contribution in [0.15, 0.2) is 18.6 Å². The van der Waals surface area contributed by atoms with E-state index in [0.717, 1.165) is 48.8 Å². The maximum Gasteiger partial charge on any atom is 0.236 e. The highest BCUT2D eigenvalue weighted by molar-refractivity contribution is 5.78. The molecule has 0 radical (unpaired) electrons. The van der Waals surface area contributed by atoms with Crippen LogP contribution in [0.2, 0.25) is 0 Å². The van der Waals surface area contributed by atoms with E-state index < -0.39 is 0 Å². The van der Waals surface area contributed by atoms with Crippen LogP contribution in [-0.4, -0.2) is 69.0 Å². The van der Waals surface area contributed by atoms with Crippen LogP contribution in [0.1, 0.15) is 30.3 Å². The molecule has 1 atom stereocenters. The number of imidazole rings is 1. The molecule has 0 aromatic carbocycles. The third kappa shape index (κ3) is 3.87. The van der Waals surface area contributed by atoms with Crippen molar-refractivity contribution in [1.29, 1.82) is 0 Å². The van der Waals surface area contributed by atoms with Gasteiger partial charge in [-0.2, -0.15) is 0 Å². The number of hydrogen-bond donors (Lipinski definition) is 0. The molecule has 3 rings (SSSR count). The number of carbonyl (C=O) groups is 1. The summed E-state index contributed by atoms with van der Waals surface area (Å²) in [4.78, 5) is 29.8. The van der Waals surface area contributed by atoms with Gasteiger partial charge in [-0.05, 0) is 33.9 Å². The fraction of sp³-hybridized carbons (Fsp3) is 0.556. The Labute approximate surface area is 148 Å². The highest BCUT2D eigenvalue weighted by Crippen LogP contribution is 2.27. The lowest BCUT2D eigenvalue weighted by molar-refractivity contribution is -0.133. The van der Waals surface area contributed by atoms with Crippen molar-refractivity contribution in [1.82, 2.24) is 29.3 Å². The maximum atomic E-state index is 12.4. The van der Waals surface area contributed by atoms with E-state index in [-0.39, 0.29) is 11.8 Å². The van der Waals surface area contributed by atoms with Crippen molar-refractivity contribution in [2.45, 2.75) is 25.7 Å². The molecule has 25 heavy (non-hydrogen) atoms. The Kier molecular flexibility index (Phi) is 5.13. The van der Waals surface area contributed by atoms with Crippen LogP contribution in [0.3, 0.4) is 0 Å². The Hall–Kier alpha value is -2.28. The number of amides is 1. The summed E-state index contributed by atoms with van der Waals surface area (Å²) in [5, 5.41) is 0. The Balaban J connectivity index is 1.79. The first kappa shape index (κ1) is 17.5. The quantitative estimate of drug-likeness (QED) is 0.841. The third-order valence-electron chi connectivity index (χ3n) is 4.78. The van der Waals surface area contributed by atoms with Crippen LogP contribution >= 0.6 is 0 Å². The number of piperidine rings is 1. The molecule has 1 aliphatic rings. The van der Waals surface area contributed by atoms with Crippen LogP contribution in [0.4, 0.5) is 0 Å². The Bertz CT molecular complexity index is 754. The van der Waals surface area contributed by atoms with Gasteiger partial charge in [0.25, 0.3) is 0 Å². The summed E-state index contributed by atoms with van der Waals surface area (Å²) in [7, 11) is 5.82. The van der Waals surface area contributed by atoms with Gasteiger partial charge in [0.2, 0.25) is 5.91 Å². The normalized spacial score (nSPS) is 18.0. The molecule has 1 fully saturated rings. The number of hydrogen-bond acceptors (Lipinski definition) is 5. The van der Waals surface area contributed by atoms with Crippen LogP contribution < -0.4 is 0 Å².